The molecule has 0 saturated carbocycles. The van der Waals surface area contributed by atoms with E-state index in [4.69, 9.17) is 16.1 Å². The van der Waals surface area contributed by atoms with Crippen molar-refractivity contribution in [2.24, 2.45) is 0 Å². The van der Waals surface area contributed by atoms with Crippen molar-refractivity contribution >= 4 is 17.5 Å². The van der Waals surface area contributed by atoms with Crippen molar-refractivity contribution in [3.05, 3.63) is 46.1 Å². The van der Waals surface area contributed by atoms with Crippen LogP contribution in [-0.2, 0) is 0 Å². The Morgan fingerprint density at radius 3 is 2.83 bits per heavy atom. The Kier molecular flexibility index (Phi) is 4.37. The second-order valence-corrected chi connectivity index (χ2v) is 6.24. The molecule has 0 radical (unpaired) electrons. The summed E-state index contributed by atoms with van der Waals surface area (Å²) >= 11 is 6.29. The van der Waals surface area contributed by atoms with Crippen molar-refractivity contribution in [2.45, 2.75) is 19.9 Å². The molecule has 7 heteroatoms. The molecule has 1 atom stereocenters. The molecule has 122 valence electrons. The van der Waals surface area contributed by atoms with E-state index in [0.29, 0.717) is 35.4 Å². The first-order valence-electron chi connectivity index (χ1n) is 7.52. The molecule has 23 heavy (non-hydrogen) atoms. The number of benzene rings is 1. The summed E-state index contributed by atoms with van der Waals surface area (Å²) in [5.41, 5.74) is 1.44. The Hall–Kier alpha value is -1.92. The molecule has 0 bridgehead atoms. The predicted octanol–water partition coefficient (Wildman–Crippen LogP) is 2.47. The molecule has 1 fully saturated rings. The third-order valence-electron chi connectivity index (χ3n) is 4.19. The van der Waals surface area contributed by atoms with E-state index in [1.807, 2.05) is 26.1 Å². The first-order chi connectivity index (χ1) is 11.0. The average Bonchev–Trinajstić information content (AvgIpc) is 2.96. The van der Waals surface area contributed by atoms with E-state index >= 15 is 0 Å². The maximum absolute atomic E-state index is 12.8. The van der Waals surface area contributed by atoms with Crippen LogP contribution in [0.2, 0.25) is 5.02 Å². The van der Waals surface area contributed by atoms with E-state index in [-0.39, 0.29) is 11.9 Å². The van der Waals surface area contributed by atoms with Gasteiger partial charge in [-0.3, -0.25) is 9.69 Å². The Morgan fingerprint density at radius 2 is 2.13 bits per heavy atom. The normalized spacial score (nSPS) is 19.1. The monoisotopic (exact) mass is 334 g/mol. The number of hydrogen-bond donors (Lipinski definition) is 0. The van der Waals surface area contributed by atoms with Gasteiger partial charge in [0.1, 0.15) is 6.04 Å². The van der Waals surface area contributed by atoms with Crippen LogP contribution in [0, 0.1) is 13.8 Å². The van der Waals surface area contributed by atoms with Gasteiger partial charge in [0, 0.05) is 19.6 Å². The predicted molar refractivity (Wildman–Crippen MR) is 86.5 cm³/mol. The van der Waals surface area contributed by atoms with E-state index < -0.39 is 0 Å². The summed E-state index contributed by atoms with van der Waals surface area (Å²) in [5, 5.41) is 4.36. The number of rotatable bonds is 2. The summed E-state index contributed by atoms with van der Waals surface area (Å²) in [5.74, 6) is 1.07. The zero-order valence-electron chi connectivity index (χ0n) is 13.4. The van der Waals surface area contributed by atoms with Crippen LogP contribution in [0.4, 0.5) is 0 Å². The molecule has 0 unspecified atom stereocenters. The smallest absolute Gasteiger partial charge is 0.255 e. The fraction of sp³-hybridized carbons (Fsp3) is 0.438. The lowest BCUT2D eigenvalue weighted by molar-refractivity contribution is 0.0489. The van der Waals surface area contributed by atoms with Gasteiger partial charge in [0.25, 0.3) is 5.91 Å². The van der Waals surface area contributed by atoms with Crippen LogP contribution < -0.4 is 0 Å². The first kappa shape index (κ1) is 16.0. The van der Waals surface area contributed by atoms with Crippen molar-refractivity contribution in [3.63, 3.8) is 0 Å². The van der Waals surface area contributed by atoms with Gasteiger partial charge in [0.05, 0.1) is 10.6 Å². The molecule has 1 aliphatic heterocycles. The Labute approximate surface area is 140 Å². The third kappa shape index (κ3) is 3.09. The summed E-state index contributed by atoms with van der Waals surface area (Å²) in [4.78, 5) is 21.0. The van der Waals surface area contributed by atoms with Crippen LogP contribution in [0.15, 0.2) is 22.7 Å². The minimum Gasteiger partial charge on any atom is -0.338 e. The molecule has 0 spiro atoms. The van der Waals surface area contributed by atoms with Crippen LogP contribution >= 0.6 is 11.6 Å². The molecule has 3 rings (SSSR count). The Bertz CT molecular complexity index is 731. The highest BCUT2D eigenvalue weighted by molar-refractivity contribution is 6.34. The van der Waals surface area contributed by atoms with Crippen molar-refractivity contribution in [1.29, 1.82) is 0 Å². The Morgan fingerprint density at radius 1 is 1.35 bits per heavy atom. The number of likely N-dealkylation sites (N-methyl/N-ethyl adjacent to an activating group) is 1. The minimum atomic E-state index is -0.0996. The van der Waals surface area contributed by atoms with Crippen LogP contribution in [0.5, 0.6) is 0 Å². The maximum Gasteiger partial charge on any atom is 0.255 e. The molecule has 1 aromatic carbocycles. The molecule has 1 aliphatic rings. The van der Waals surface area contributed by atoms with Crippen molar-refractivity contribution in [1.82, 2.24) is 19.9 Å². The van der Waals surface area contributed by atoms with Gasteiger partial charge in [-0.15, -0.1) is 0 Å². The fourth-order valence-corrected chi connectivity index (χ4v) is 2.96. The quantitative estimate of drug-likeness (QED) is 0.844. The molecular weight excluding hydrogens is 316 g/mol. The molecule has 2 heterocycles. The van der Waals surface area contributed by atoms with Crippen molar-refractivity contribution < 1.29 is 9.32 Å². The molecule has 1 amide bonds. The number of piperazine rings is 1. The highest BCUT2D eigenvalue weighted by atomic mass is 35.5. The van der Waals surface area contributed by atoms with Gasteiger partial charge in [-0.05, 0) is 32.5 Å². The van der Waals surface area contributed by atoms with Crippen molar-refractivity contribution in [3.8, 4) is 0 Å². The Balaban J connectivity index is 1.83. The summed E-state index contributed by atoms with van der Waals surface area (Å²) in [6.45, 7) is 5.56. The largest absolute Gasteiger partial charge is 0.338 e. The van der Waals surface area contributed by atoms with Crippen LogP contribution in [0.25, 0.3) is 0 Å². The van der Waals surface area contributed by atoms with E-state index in [1.54, 1.807) is 17.9 Å². The summed E-state index contributed by atoms with van der Waals surface area (Å²) in [7, 11) is 1.99. The van der Waals surface area contributed by atoms with E-state index in [1.165, 1.54) is 0 Å². The van der Waals surface area contributed by atoms with Gasteiger partial charge in [-0.2, -0.15) is 4.98 Å². The lowest BCUT2D eigenvalue weighted by atomic mass is 10.1. The molecule has 2 aromatic rings. The number of halogens is 1. The van der Waals surface area contributed by atoms with Gasteiger partial charge < -0.3 is 9.42 Å². The average molecular weight is 335 g/mol. The molecule has 0 N–H and O–H groups in total. The molecule has 6 nitrogen and oxygen atoms in total. The fourth-order valence-electron chi connectivity index (χ4n) is 2.76. The van der Waals surface area contributed by atoms with E-state index in [0.717, 1.165) is 12.1 Å². The van der Waals surface area contributed by atoms with Gasteiger partial charge in [0.2, 0.25) is 5.89 Å². The van der Waals surface area contributed by atoms with Crippen molar-refractivity contribution in [2.75, 3.05) is 26.7 Å². The summed E-state index contributed by atoms with van der Waals surface area (Å²) < 4.78 is 5.28. The highest BCUT2D eigenvalue weighted by Gasteiger charge is 2.33. The second kappa shape index (κ2) is 6.29. The molecule has 0 aliphatic carbocycles. The lowest BCUT2D eigenvalue weighted by Crippen LogP contribution is -2.49. The van der Waals surface area contributed by atoms with Crippen LogP contribution in [-0.4, -0.2) is 52.5 Å². The van der Waals surface area contributed by atoms with Crippen LogP contribution in [0.3, 0.4) is 0 Å². The molecule has 1 saturated heterocycles. The third-order valence-corrected chi connectivity index (χ3v) is 4.69. The van der Waals surface area contributed by atoms with Gasteiger partial charge in [-0.1, -0.05) is 28.9 Å². The number of hydrogen-bond acceptors (Lipinski definition) is 5. The number of nitrogens with zero attached hydrogens (tertiary/aromatic N) is 4. The van der Waals surface area contributed by atoms with Crippen LogP contribution in [0.1, 0.15) is 33.7 Å². The van der Waals surface area contributed by atoms with Gasteiger partial charge in [-0.25, -0.2) is 0 Å². The SMILES string of the molecule is Cc1noc([C@H]2CN(C(=O)c3cccc(C)c3Cl)CCN2C)n1. The number of aryl methyl sites for hydroxylation is 2. The zero-order valence-corrected chi connectivity index (χ0v) is 14.2. The van der Waals surface area contributed by atoms with Gasteiger partial charge >= 0.3 is 0 Å². The molecular formula is C16H19ClN4O2. The first-order valence-corrected chi connectivity index (χ1v) is 7.90. The number of aromatic nitrogens is 2. The summed E-state index contributed by atoms with van der Waals surface area (Å²) in [6, 6.07) is 5.41. The zero-order chi connectivity index (χ0) is 16.6. The lowest BCUT2D eigenvalue weighted by Gasteiger charge is -2.37. The summed E-state index contributed by atoms with van der Waals surface area (Å²) in [6.07, 6.45) is 0. The number of amides is 1. The topological polar surface area (TPSA) is 62.5 Å². The molecule has 1 aromatic heterocycles. The highest BCUT2D eigenvalue weighted by Crippen LogP contribution is 2.26. The minimum absolute atomic E-state index is 0.0620. The second-order valence-electron chi connectivity index (χ2n) is 5.86. The number of carbonyl (C=O) groups excluding carboxylic acids is 1. The number of carbonyl (C=O) groups is 1. The van der Waals surface area contributed by atoms with Gasteiger partial charge in [0.15, 0.2) is 5.82 Å². The van der Waals surface area contributed by atoms with E-state index in [2.05, 4.69) is 15.0 Å². The standard InChI is InChI=1S/C16H19ClN4O2/c1-10-5-4-6-12(14(10)17)16(22)21-8-7-20(3)13(9-21)15-18-11(2)19-23-15/h4-6,13H,7-9H2,1-3H3/t13-/m1/s1. The maximum atomic E-state index is 12.8. The van der Waals surface area contributed by atoms with E-state index in [9.17, 15) is 4.79 Å².